The smallest absolute Gasteiger partial charge is 0.315 e. The first kappa shape index (κ1) is 17.2. The number of nitrogens with one attached hydrogen (secondary N) is 2. The summed E-state index contributed by atoms with van der Waals surface area (Å²) >= 11 is 0. The molecule has 132 valence electrons. The molecule has 0 unspecified atom stereocenters. The molecule has 5 nitrogen and oxygen atoms in total. The van der Waals surface area contributed by atoms with Crippen LogP contribution in [0.4, 0.5) is 4.79 Å². The highest BCUT2D eigenvalue weighted by Crippen LogP contribution is 2.36. The van der Waals surface area contributed by atoms with Crippen LogP contribution in [0.25, 0.3) is 0 Å². The molecule has 2 aliphatic carbocycles. The number of aliphatic hydroxyl groups is 1. The molecule has 2 aliphatic rings. The zero-order chi connectivity index (χ0) is 17.0. The van der Waals surface area contributed by atoms with Gasteiger partial charge in [-0.2, -0.15) is 0 Å². The van der Waals surface area contributed by atoms with Crippen molar-refractivity contribution < 1.29 is 14.6 Å². The van der Waals surface area contributed by atoms with Gasteiger partial charge in [0.05, 0.1) is 17.7 Å². The minimum atomic E-state index is -0.761. The molecular formula is C19H28N2O3. The van der Waals surface area contributed by atoms with Crippen LogP contribution in [0, 0.1) is 0 Å². The Labute approximate surface area is 143 Å². The van der Waals surface area contributed by atoms with E-state index in [-0.39, 0.29) is 24.2 Å². The highest BCUT2D eigenvalue weighted by molar-refractivity contribution is 5.74. The van der Waals surface area contributed by atoms with E-state index in [0.29, 0.717) is 12.8 Å². The van der Waals surface area contributed by atoms with Crippen molar-refractivity contribution >= 4 is 6.03 Å². The van der Waals surface area contributed by atoms with Crippen LogP contribution in [0.1, 0.15) is 50.5 Å². The maximum atomic E-state index is 12.2. The summed E-state index contributed by atoms with van der Waals surface area (Å²) in [4.78, 5) is 12.2. The van der Waals surface area contributed by atoms with Crippen molar-refractivity contribution in [2.24, 2.45) is 0 Å². The van der Waals surface area contributed by atoms with Crippen molar-refractivity contribution in [1.29, 1.82) is 0 Å². The fraction of sp³-hybridized carbons (Fsp3) is 0.632. The molecule has 2 fully saturated rings. The van der Waals surface area contributed by atoms with Crippen LogP contribution in [0.15, 0.2) is 30.3 Å². The van der Waals surface area contributed by atoms with Crippen molar-refractivity contribution in [3.05, 3.63) is 35.9 Å². The van der Waals surface area contributed by atoms with Gasteiger partial charge in [0.15, 0.2) is 0 Å². The minimum absolute atomic E-state index is 0.111. The third-order valence-corrected chi connectivity index (χ3v) is 5.53. The molecule has 3 N–H and O–H groups in total. The summed E-state index contributed by atoms with van der Waals surface area (Å²) in [6.07, 6.45) is 6.13. The molecule has 0 aliphatic heterocycles. The van der Waals surface area contributed by atoms with Crippen molar-refractivity contribution in [2.45, 2.75) is 68.7 Å². The number of carbonyl (C=O) groups excluding carboxylic acids is 1. The predicted molar refractivity (Wildman–Crippen MR) is 92.7 cm³/mol. The predicted octanol–water partition coefficient (Wildman–Crippen LogP) is 2.68. The molecule has 2 amide bonds. The number of carbonyl (C=O) groups is 1. The Morgan fingerprint density at radius 3 is 2.50 bits per heavy atom. The lowest BCUT2D eigenvalue weighted by molar-refractivity contribution is -0.00742. The first-order valence-electron chi connectivity index (χ1n) is 8.98. The maximum Gasteiger partial charge on any atom is 0.315 e. The molecule has 5 heteroatoms. The molecular weight excluding hydrogens is 304 g/mol. The van der Waals surface area contributed by atoms with E-state index < -0.39 is 5.60 Å². The van der Waals surface area contributed by atoms with Gasteiger partial charge in [-0.25, -0.2) is 4.79 Å². The Morgan fingerprint density at radius 1 is 1.12 bits per heavy atom. The van der Waals surface area contributed by atoms with Gasteiger partial charge in [-0.15, -0.1) is 0 Å². The largest absolute Gasteiger partial charge is 0.385 e. The SMILES string of the molecule is CO[C@@H]1CCC[C@H]1NC(=O)NC1CCC(O)(c2ccccc2)CC1. The molecule has 24 heavy (non-hydrogen) atoms. The van der Waals surface area contributed by atoms with Gasteiger partial charge in [0, 0.05) is 13.2 Å². The molecule has 2 atom stereocenters. The van der Waals surface area contributed by atoms with Gasteiger partial charge >= 0.3 is 6.03 Å². The Kier molecular flexibility index (Phi) is 5.41. The van der Waals surface area contributed by atoms with E-state index in [4.69, 9.17) is 4.74 Å². The van der Waals surface area contributed by atoms with E-state index in [9.17, 15) is 9.90 Å². The van der Waals surface area contributed by atoms with Gasteiger partial charge in [-0.05, 0) is 50.5 Å². The van der Waals surface area contributed by atoms with Crippen molar-refractivity contribution in [2.75, 3.05) is 7.11 Å². The van der Waals surface area contributed by atoms with Gasteiger partial charge in [0.25, 0.3) is 0 Å². The molecule has 0 aromatic heterocycles. The molecule has 0 bridgehead atoms. The third-order valence-electron chi connectivity index (χ3n) is 5.53. The zero-order valence-electron chi connectivity index (χ0n) is 14.3. The van der Waals surface area contributed by atoms with Crippen molar-refractivity contribution in [1.82, 2.24) is 10.6 Å². The Hall–Kier alpha value is -1.59. The molecule has 3 rings (SSSR count). The lowest BCUT2D eigenvalue weighted by Crippen LogP contribution is -2.50. The average Bonchev–Trinajstić information content (AvgIpc) is 3.05. The third kappa shape index (κ3) is 3.90. The second-order valence-electron chi connectivity index (χ2n) is 7.10. The van der Waals surface area contributed by atoms with Gasteiger partial charge < -0.3 is 20.5 Å². The van der Waals surface area contributed by atoms with E-state index in [2.05, 4.69) is 10.6 Å². The number of hydrogen-bond donors (Lipinski definition) is 3. The number of hydrogen-bond acceptors (Lipinski definition) is 3. The summed E-state index contributed by atoms with van der Waals surface area (Å²) in [7, 11) is 1.70. The van der Waals surface area contributed by atoms with E-state index >= 15 is 0 Å². The van der Waals surface area contributed by atoms with Crippen LogP contribution in [-0.4, -0.2) is 36.4 Å². The second-order valence-corrected chi connectivity index (χ2v) is 7.10. The molecule has 0 saturated heterocycles. The summed E-state index contributed by atoms with van der Waals surface area (Å²) < 4.78 is 5.42. The van der Waals surface area contributed by atoms with Gasteiger partial charge in [-0.3, -0.25) is 0 Å². The lowest BCUT2D eigenvalue weighted by atomic mass is 9.78. The first-order chi connectivity index (χ1) is 11.6. The fourth-order valence-electron chi connectivity index (χ4n) is 4.05. The summed E-state index contributed by atoms with van der Waals surface area (Å²) in [5.41, 5.74) is 0.212. The second kappa shape index (κ2) is 7.53. The standard InChI is InChI=1S/C19H28N2O3/c1-24-17-9-5-8-16(17)21-18(22)20-15-10-12-19(23,13-11-15)14-6-3-2-4-7-14/h2-4,6-7,15-17,23H,5,8-13H2,1H3,(H2,20,21,22)/t15?,16-,17-,19?/m1/s1. The summed E-state index contributed by atoms with van der Waals surface area (Å²) in [5.74, 6) is 0. The zero-order valence-corrected chi connectivity index (χ0v) is 14.3. The summed E-state index contributed by atoms with van der Waals surface area (Å²) in [5, 5.41) is 17.0. The number of rotatable bonds is 4. The summed E-state index contributed by atoms with van der Waals surface area (Å²) in [6, 6.07) is 9.95. The lowest BCUT2D eigenvalue weighted by Gasteiger charge is -2.37. The Bertz CT molecular complexity index is 541. The highest BCUT2D eigenvalue weighted by Gasteiger charge is 2.35. The van der Waals surface area contributed by atoms with Crippen LogP contribution < -0.4 is 10.6 Å². The number of urea groups is 1. The molecule has 1 aromatic carbocycles. The number of ether oxygens (including phenoxy) is 1. The van der Waals surface area contributed by atoms with E-state index in [1.165, 1.54) is 0 Å². The monoisotopic (exact) mass is 332 g/mol. The number of benzene rings is 1. The Morgan fingerprint density at radius 2 is 1.83 bits per heavy atom. The normalized spacial score (nSPS) is 33.2. The Balaban J connectivity index is 1.48. The molecule has 0 heterocycles. The topological polar surface area (TPSA) is 70.6 Å². The quantitative estimate of drug-likeness (QED) is 0.794. The van der Waals surface area contributed by atoms with Crippen molar-refractivity contribution in [3.63, 3.8) is 0 Å². The summed E-state index contributed by atoms with van der Waals surface area (Å²) in [6.45, 7) is 0. The van der Waals surface area contributed by atoms with Gasteiger partial charge in [0.2, 0.25) is 0 Å². The van der Waals surface area contributed by atoms with Crippen LogP contribution in [-0.2, 0) is 10.3 Å². The van der Waals surface area contributed by atoms with Crippen LogP contribution in [0.2, 0.25) is 0 Å². The van der Waals surface area contributed by atoms with Gasteiger partial charge in [0.1, 0.15) is 0 Å². The van der Waals surface area contributed by atoms with E-state index in [0.717, 1.165) is 37.7 Å². The van der Waals surface area contributed by atoms with Crippen molar-refractivity contribution in [3.8, 4) is 0 Å². The number of amides is 2. The fourth-order valence-corrected chi connectivity index (χ4v) is 4.05. The van der Waals surface area contributed by atoms with Crippen LogP contribution >= 0.6 is 0 Å². The van der Waals surface area contributed by atoms with E-state index in [1.807, 2.05) is 30.3 Å². The maximum absolute atomic E-state index is 12.2. The average molecular weight is 332 g/mol. The number of methoxy groups -OCH3 is 1. The highest BCUT2D eigenvalue weighted by atomic mass is 16.5. The first-order valence-corrected chi connectivity index (χ1v) is 8.98. The molecule has 1 aromatic rings. The van der Waals surface area contributed by atoms with Crippen LogP contribution in [0.5, 0.6) is 0 Å². The molecule has 0 spiro atoms. The minimum Gasteiger partial charge on any atom is -0.385 e. The van der Waals surface area contributed by atoms with Gasteiger partial charge in [-0.1, -0.05) is 30.3 Å². The van der Waals surface area contributed by atoms with E-state index in [1.54, 1.807) is 7.11 Å². The van der Waals surface area contributed by atoms with Crippen LogP contribution in [0.3, 0.4) is 0 Å². The molecule has 2 saturated carbocycles. The molecule has 0 radical (unpaired) electrons.